The van der Waals surface area contributed by atoms with Crippen LogP contribution >= 0.6 is 0 Å². The Labute approximate surface area is 250 Å². The Hall–Kier alpha value is -4.62. The standard InChI is InChI=1S/C41H37N/c1-2-12-30-41(29-11-1,36-17-7-4-8-18-36)37-22-27-39(28-23-37)42(40-26-21-33-15-9-10-16-35(33)31-40)38-24-19-34(20-25-38)32-13-5-3-6-14-32/h3-10,13-28,31H,1-2,11-12,29-30H2. The second kappa shape index (κ2) is 11.7. The van der Waals surface area contributed by atoms with Crippen molar-refractivity contribution in [2.24, 2.45) is 0 Å². The van der Waals surface area contributed by atoms with E-state index in [0.29, 0.717) is 0 Å². The number of nitrogens with zero attached hydrogens (tertiary/aromatic N) is 1. The maximum Gasteiger partial charge on any atom is 0.0468 e. The molecule has 0 N–H and O–H groups in total. The fourth-order valence-corrected chi connectivity index (χ4v) is 6.96. The van der Waals surface area contributed by atoms with Gasteiger partial charge in [0.05, 0.1) is 0 Å². The largest absolute Gasteiger partial charge is 0.310 e. The van der Waals surface area contributed by atoms with Gasteiger partial charge in [-0.15, -0.1) is 0 Å². The monoisotopic (exact) mass is 543 g/mol. The van der Waals surface area contributed by atoms with Crippen LogP contribution in [0.2, 0.25) is 0 Å². The number of benzene rings is 6. The van der Waals surface area contributed by atoms with Gasteiger partial charge >= 0.3 is 0 Å². The van der Waals surface area contributed by atoms with Crippen LogP contribution in [-0.4, -0.2) is 0 Å². The van der Waals surface area contributed by atoms with Gasteiger partial charge in [0.1, 0.15) is 0 Å². The van der Waals surface area contributed by atoms with Crippen LogP contribution in [0.25, 0.3) is 21.9 Å². The van der Waals surface area contributed by atoms with Gasteiger partial charge in [-0.3, -0.25) is 0 Å². The average Bonchev–Trinajstić information content (AvgIpc) is 3.34. The summed E-state index contributed by atoms with van der Waals surface area (Å²) in [6.45, 7) is 0. The van der Waals surface area contributed by atoms with Crippen LogP contribution in [0.15, 0.2) is 152 Å². The Morgan fingerprint density at radius 3 is 1.55 bits per heavy atom. The van der Waals surface area contributed by atoms with E-state index >= 15 is 0 Å². The Morgan fingerprint density at radius 2 is 0.881 bits per heavy atom. The van der Waals surface area contributed by atoms with Crippen molar-refractivity contribution in [1.29, 1.82) is 0 Å². The summed E-state index contributed by atoms with van der Waals surface area (Å²) < 4.78 is 0. The molecule has 0 saturated heterocycles. The molecule has 0 aromatic heterocycles. The number of fused-ring (bicyclic) bond motifs is 1. The smallest absolute Gasteiger partial charge is 0.0468 e. The minimum Gasteiger partial charge on any atom is -0.310 e. The molecule has 0 radical (unpaired) electrons. The molecule has 0 bridgehead atoms. The number of rotatable bonds is 6. The summed E-state index contributed by atoms with van der Waals surface area (Å²) >= 11 is 0. The maximum absolute atomic E-state index is 2.40. The Bertz CT molecular complexity index is 1740. The van der Waals surface area contributed by atoms with Gasteiger partial charge in [-0.2, -0.15) is 0 Å². The van der Waals surface area contributed by atoms with Gasteiger partial charge in [0, 0.05) is 22.5 Å². The van der Waals surface area contributed by atoms with Crippen LogP contribution in [0.4, 0.5) is 17.1 Å². The Balaban J connectivity index is 1.31. The molecule has 1 saturated carbocycles. The zero-order valence-electron chi connectivity index (χ0n) is 24.1. The predicted molar refractivity (Wildman–Crippen MR) is 179 cm³/mol. The topological polar surface area (TPSA) is 3.24 Å². The van der Waals surface area contributed by atoms with Crippen molar-refractivity contribution in [1.82, 2.24) is 0 Å². The van der Waals surface area contributed by atoms with Gasteiger partial charge in [-0.25, -0.2) is 0 Å². The summed E-state index contributed by atoms with van der Waals surface area (Å²) in [5.41, 5.74) is 8.96. The highest BCUT2D eigenvalue weighted by molar-refractivity contribution is 5.89. The van der Waals surface area contributed by atoms with E-state index in [-0.39, 0.29) is 5.41 Å². The number of anilines is 3. The third-order valence-electron chi connectivity index (χ3n) is 9.19. The minimum absolute atomic E-state index is 0.0847. The van der Waals surface area contributed by atoms with Gasteiger partial charge in [-0.05, 0) is 82.3 Å². The van der Waals surface area contributed by atoms with Gasteiger partial charge in [0.25, 0.3) is 0 Å². The highest BCUT2D eigenvalue weighted by Crippen LogP contribution is 2.45. The minimum atomic E-state index is 0.0847. The normalized spacial score (nSPS) is 14.8. The van der Waals surface area contributed by atoms with Gasteiger partial charge < -0.3 is 4.90 Å². The van der Waals surface area contributed by atoms with E-state index < -0.39 is 0 Å². The average molecular weight is 544 g/mol. The van der Waals surface area contributed by atoms with E-state index in [1.807, 2.05) is 0 Å². The summed E-state index contributed by atoms with van der Waals surface area (Å²) in [5, 5.41) is 2.51. The maximum atomic E-state index is 2.40. The fourth-order valence-electron chi connectivity index (χ4n) is 6.96. The van der Waals surface area contributed by atoms with Crippen molar-refractivity contribution < 1.29 is 0 Å². The molecule has 1 heteroatoms. The fraction of sp³-hybridized carbons (Fsp3) is 0.171. The number of hydrogen-bond acceptors (Lipinski definition) is 1. The van der Waals surface area contributed by atoms with Gasteiger partial charge in [-0.1, -0.05) is 141 Å². The molecule has 6 aromatic rings. The van der Waals surface area contributed by atoms with Crippen molar-refractivity contribution in [2.45, 2.75) is 43.9 Å². The first kappa shape index (κ1) is 26.3. The molecule has 1 aliphatic carbocycles. The second-order valence-corrected chi connectivity index (χ2v) is 11.7. The summed E-state index contributed by atoms with van der Waals surface area (Å²) in [7, 11) is 0. The molecule has 0 amide bonds. The quantitative estimate of drug-likeness (QED) is 0.189. The van der Waals surface area contributed by atoms with E-state index in [1.54, 1.807) is 0 Å². The second-order valence-electron chi connectivity index (χ2n) is 11.7. The lowest BCUT2D eigenvalue weighted by atomic mass is 9.69. The van der Waals surface area contributed by atoms with Gasteiger partial charge in [0.2, 0.25) is 0 Å². The van der Waals surface area contributed by atoms with Crippen LogP contribution in [0.1, 0.15) is 49.7 Å². The van der Waals surface area contributed by atoms with Gasteiger partial charge in [0.15, 0.2) is 0 Å². The first-order chi connectivity index (χ1) is 20.8. The summed E-state index contributed by atoms with van der Waals surface area (Å²) in [6.07, 6.45) is 7.67. The molecule has 1 nitrogen and oxygen atoms in total. The SMILES string of the molecule is c1ccc(-c2ccc(N(c3ccc(C4(c5ccccc5)CCCCCC4)cc3)c3ccc4ccccc4c3)cc2)cc1. The molecular formula is C41H37N. The highest BCUT2D eigenvalue weighted by atomic mass is 15.1. The van der Waals surface area contributed by atoms with Crippen molar-refractivity contribution in [2.75, 3.05) is 4.90 Å². The Morgan fingerprint density at radius 1 is 0.381 bits per heavy atom. The summed E-state index contributed by atoms with van der Waals surface area (Å²) in [4.78, 5) is 2.40. The molecule has 0 atom stereocenters. The lowest BCUT2D eigenvalue weighted by molar-refractivity contribution is 0.446. The van der Waals surface area contributed by atoms with Crippen molar-refractivity contribution in [3.05, 3.63) is 163 Å². The molecule has 0 aliphatic heterocycles. The van der Waals surface area contributed by atoms with Crippen LogP contribution in [0.3, 0.4) is 0 Å². The molecule has 42 heavy (non-hydrogen) atoms. The predicted octanol–water partition coefficient (Wildman–Crippen LogP) is 11.6. The summed E-state index contributed by atoms with van der Waals surface area (Å²) in [6, 6.07) is 55.7. The van der Waals surface area contributed by atoms with Crippen LogP contribution in [0, 0.1) is 0 Å². The van der Waals surface area contributed by atoms with Crippen LogP contribution in [-0.2, 0) is 5.41 Å². The Kier molecular flexibility index (Phi) is 7.33. The molecule has 206 valence electrons. The molecule has 0 heterocycles. The third kappa shape index (κ3) is 5.12. The molecular weight excluding hydrogens is 506 g/mol. The first-order valence-electron chi connectivity index (χ1n) is 15.4. The lowest BCUT2D eigenvalue weighted by Gasteiger charge is -2.35. The zero-order valence-corrected chi connectivity index (χ0v) is 24.1. The molecule has 1 aliphatic rings. The van der Waals surface area contributed by atoms with Crippen molar-refractivity contribution >= 4 is 27.8 Å². The molecule has 6 aromatic carbocycles. The molecule has 0 unspecified atom stereocenters. The molecule has 7 rings (SSSR count). The van der Waals surface area contributed by atoms with E-state index in [0.717, 1.165) is 5.69 Å². The van der Waals surface area contributed by atoms with E-state index in [2.05, 4.69) is 157 Å². The lowest BCUT2D eigenvalue weighted by Crippen LogP contribution is -2.27. The molecule has 1 fully saturated rings. The van der Waals surface area contributed by atoms with Crippen molar-refractivity contribution in [3.63, 3.8) is 0 Å². The van der Waals surface area contributed by atoms with Crippen LogP contribution < -0.4 is 4.90 Å². The molecule has 0 spiro atoms. The number of hydrogen-bond donors (Lipinski definition) is 0. The van der Waals surface area contributed by atoms with Crippen molar-refractivity contribution in [3.8, 4) is 11.1 Å². The third-order valence-corrected chi connectivity index (χ3v) is 9.19. The first-order valence-corrected chi connectivity index (χ1v) is 15.4. The summed E-state index contributed by atoms with van der Waals surface area (Å²) in [5.74, 6) is 0. The van der Waals surface area contributed by atoms with E-state index in [4.69, 9.17) is 0 Å². The highest BCUT2D eigenvalue weighted by Gasteiger charge is 2.34. The zero-order chi connectivity index (χ0) is 28.2. The van der Waals surface area contributed by atoms with E-state index in [9.17, 15) is 0 Å². The van der Waals surface area contributed by atoms with Crippen LogP contribution in [0.5, 0.6) is 0 Å². The van der Waals surface area contributed by atoms with E-state index in [1.165, 1.54) is 82.9 Å².